The van der Waals surface area contributed by atoms with Crippen LogP contribution in [0.15, 0.2) is 60.2 Å². The number of rotatable bonds is 8. The van der Waals surface area contributed by atoms with Gasteiger partial charge in [0.15, 0.2) is 16.6 Å². The van der Waals surface area contributed by atoms with Crippen LogP contribution < -0.4 is 19.1 Å². The summed E-state index contributed by atoms with van der Waals surface area (Å²) >= 11 is 1.33. The summed E-state index contributed by atoms with van der Waals surface area (Å²) in [7, 11) is 1.55. The number of fused-ring (bicyclic) bond motifs is 2. The predicted molar refractivity (Wildman–Crippen MR) is 163 cm³/mol. The van der Waals surface area contributed by atoms with E-state index in [1.54, 1.807) is 37.4 Å². The van der Waals surface area contributed by atoms with Crippen molar-refractivity contribution in [3.8, 4) is 17.2 Å². The third kappa shape index (κ3) is 4.87. The molecule has 216 valence electrons. The van der Waals surface area contributed by atoms with Gasteiger partial charge in [0.05, 0.1) is 35.5 Å². The lowest BCUT2D eigenvalue weighted by Gasteiger charge is -2.24. The van der Waals surface area contributed by atoms with Gasteiger partial charge >= 0.3 is 5.91 Å². The number of thiazole rings is 1. The van der Waals surface area contributed by atoms with Crippen LogP contribution in [0.1, 0.15) is 55.0 Å². The number of unbranched alkanes of at least 4 members (excludes halogenated alkanes) is 1. The second kappa shape index (κ2) is 11.1. The molecule has 6 rings (SSSR count). The fraction of sp³-hybridized carbons (Fsp3) is 0.303. The number of anilines is 1. The fourth-order valence-corrected chi connectivity index (χ4v) is 6.58. The van der Waals surface area contributed by atoms with Gasteiger partial charge in [0.2, 0.25) is 0 Å². The van der Waals surface area contributed by atoms with Gasteiger partial charge in [-0.3, -0.25) is 14.5 Å². The molecule has 1 fully saturated rings. The maximum atomic E-state index is 13.7. The lowest BCUT2D eigenvalue weighted by atomic mass is 9.94. The van der Waals surface area contributed by atoms with Gasteiger partial charge in [-0.15, -0.1) is 0 Å². The lowest BCUT2D eigenvalue weighted by Crippen LogP contribution is -2.29. The summed E-state index contributed by atoms with van der Waals surface area (Å²) in [5.41, 5.74) is 3.75. The first-order valence-corrected chi connectivity index (χ1v) is 14.9. The van der Waals surface area contributed by atoms with Gasteiger partial charge in [-0.1, -0.05) is 36.8 Å². The highest BCUT2D eigenvalue weighted by Gasteiger charge is 2.48. The van der Waals surface area contributed by atoms with Crippen LogP contribution in [-0.4, -0.2) is 41.6 Å². The number of aliphatic hydroxyl groups excluding tert-OH is 1. The molecule has 2 aliphatic heterocycles. The maximum absolute atomic E-state index is 13.7. The van der Waals surface area contributed by atoms with Crippen LogP contribution in [0.2, 0.25) is 0 Å². The van der Waals surface area contributed by atoms with Crippen molar-refractivity contribution in [2.45, 2.75) is 52.2 Å². The number of carbonyl (C=O) groups excluding carboxylic acids is 2. The van der Waals surface area contributed by atoms with Crippen molar-refractivity contribution in [3.05, 3.63) is 82.4 Å². The molecular weight excluding hydrogens is 552 g/mol. The number of ether oxygens (including phenoxy) is 3. The van der Waals surface area contributed by atoms with E-state index in [1.807, 2.05) is 38.1 Å². The molecular formula is C33H32N2O6S. The minimum Gasteiger partial charge on any atom is -0.507 e. The third-order valence-corrected chi connectivity index (χ3v) is 8.63. The average molecular weight is 585 g/mol. The quantitative estimate of drug-likeness (QED) is 0.106. The Morgan fingerprint density at radius 2 is 1.95 bits per heavy atom. The fourth-order valence-electron chi connectivity index (χ4n) is 5.49. The number of hydrogen-bond donors (Lipinski definition) is 1. The maximum Gasteiger partial charge on any atom is 0.301 e. The van der Waals surface area contributed by atoms with Crippen molar-refractivity contribution in [1.29, 1.82) is 0 Å². The Balaban J connectivity index is 1.51. The number of amides is 1. The van der Waals surface area contributed by atoms with Gasteiger partial charge in [-0.25, -0.2) is 4.98 Å². The zero-order valence-corrected chi connectivity index (χ0v) is 24.8. The van der Waals surface area contributed by atoms with Gasteiger partial charge in [0.25, 0.3) is 5.78 Å². The minimum atomic E-state index is -0.936. The molecule has 2 unspecified atom stereocenters. The molecule has 9 heteroatoms. The first-order valence-electron chi connectivity index (χ1n) is 14.1. The number of methoxy groups -OCH3 is 1. The number of aromatic nitrogens is 1. The van der Waals surface area contributed by atoms with E-state index in [-0.39, 0.29) is 17.4 Å². The number of hydrogen-bond acceptors (Lipinski definition) is 8. The summed E-state index contributed by atoms with van der Waals surface area (Å²) in [5, 5.41) is 12.0. The van der Waals surface area contributed by atoms with Crippen molar-refractivity contribution in [2.24, 2.45) is 0 Å². The summed E-state index contributed by atoms with van der Waals surface area (Å²) < 4.78 is 18.3. The van der Waals surface area contributed by atoms with Gasteiger partial charge < -0.3 is 19.3 Å². The second-order valence-corrected chi connectivity index (χ2v) is 11.7. The SMILES string of the molecule is CCCCOc1ccc(C2C(=C(O)c3ccc4c(c3)CC(C)O4)C(=O)C(=O)N2c2nc3ccc(C)cc3s2)cc1OC. The largest absolute Gasteiger partial charge is 0.507 e. The predicted octanol–water partition coefficient (Wildman–Crippen LogP) is 6.74. The highest BCUT2D eigenvalue weighted by Crippen LogP contribution is 2.46. The van der Waals surface area contributed by atoms with E-state index in [1.165, 1.54) is 16.2 Å². The zero-order chi connectivity index (χ0) is 29.5. The Kier molecular flexibility index (Phi) is 7.36. The summed E-state index contributed by atoms with van der Waals surface area (Å²) in [6.45, 7) is 6.60. The van der Waals surface area contributed by atoms with Crippen molar-refractivity contribution in [3.63, 3.8) is 0 Å². The van der Waals surface area contributed by atoms with Crippen molar-refractivity contribution >= 4 is 44.1 Å². The van der Waals surface area contributed by atoms with Gasteiger partial charge in [0.1, 0.15) is 17.6 Å². The van der Waals surface area contributed by atoms with Crippen LogP contribution in [-0.2, 0) is 16.0 Å². The standard InChI is InChI=1S/C33H32N2O6S/c1-5-6-13-40-25-12-8-20(17-26(25)39-4)29-28(30(36)21-9-11-24-22(16-21)15-19(3)41-24)31(37)32(38)35(29)33-34-23-10-7-18(2)14-27(23)42-33/h7-12,14,16-17,19,29,36H,5-6,13,15H2,1-4H3. The molecule has 1 aromatic heterocycles. The Hall–Kier alpha value is -4.37. The Morgan fingerprint density at radius 1 is 1.12 bits per heavy atom. The molecule has 8 nitrogen and oxygen atoms in total. The van der Waals surface area contributed by atoms with Crippen LogP contribution in [0, 0.1) is 6.92 Å². The van der Waals surface area contributed by atoms with Gasteiger partial charge in [-0.2, -0.15) is 0 Å². The van der Waals surface area contributed by atoms with E-state index in [0.717, 1.165) is 39.9 Å². The van der Waals surface area contributed by atoms with Crippen LogP contribution in [0.4, 0.5) is 5.13 Å². The van der Waals surface area contributed by atoms with Crippen molar-refractivity contribution in [2.75, 3.05) is 18.6 Å². The Labute approximate surface area is 248 Å². The molecule has 2 aliphatic rings. The average Bonchev–Trinajstić information content (AvgIpc) is 3.64. The number of carbonyl (C=O) groups is 2. The van der Waals surface area contributed by atoms with Crippen LogP contribution >= 0.6 is 11.3 Å². The highest BCUT2D eigenvalue weighted by molar-refractivity contribution is 7.22. The molecule has 0 aliphatic carbocycles. The van der Waals surface area contributed by atoms with E-state index in [2.05, 4.69) is 6.92 Å². The first-order chi connectivity index (χ1) is 20.3. The van der Waals surface area contributed by atoms with Crippen molar-refractivity contribution in [1.82, 2.24) is 4.98 Å². The molecule has 0 spiro atoms. The summed E-state index contributed by atoms with van der Waals surface area (Å²) in [5.74, 6) is 0.0113. The first kappa shape index (κ1) is 27.8. The number of aliphatic hydroxyl groups is 1. The molecule has 1 saturated heterocycles. The molecule has 1 amide bonds. The summed E-state index contributed by atoms with van der Waals surface area (Å²) in [6, 6.07) is 15.6. The molecule has 3 heterocycles. The third-order valence-electron chi connectivity index (χ3n) is 7.61. The van der Waals surface area contributed by atoms with Crippen LogP contribution in [0.5, 0.6) is 17.2 Å². The molecule has 0 bridgehead atoms. The van der Waals surface area contributed by atoms with E-state index in [4.69, 9.17) is 19.2 Å². The molecule has 42 heavy (non-hydrogen) atoms. The van der Waals surface area contributed by atoms with Crippen LogP contribution in [0.25, 0.3) is 16.0 Å². The molecule has 2 atom stereocenters. The summed E-state index contributed by atoms with van der Waals surface area (Å²) in [4.78, 5) is 33.6. The second-order valence-electron chi connectivity index (χ2n) is 10.7. The molecule has 4 aromatic rings. The molecule has 1 N–H and O–H groups in total. The van der Waals surface area contributed by atoms with E-state index in [0.29, 0.717) is 40.8 Å². The van der Waals surface area contributed by atoms with Gasteiger partial charge in [-0.05, 0) is 79.4 Å². The Bertz CT molecular complexity index is 1740. The zero-order valence-electron chi connectivity index (χ0n) is 24.0. The minimum absolute atomic E-state index is 0.0101. The lowest BCUT2D eigenvalue weighted by molar-refractivity contribution is -0.132. The smallest absolute Gasteiger partial charge is 0.301 e. The van der Waals surface area contributed by atoms with E-state index in [9.17, 15) is 14.7 Å². The number of benzene rings is 3. The molecule has 3 aromatic carbocycles. The summed E-state index contributed by atoms with van der Waals surface area (Å²) in [6.07, 6.45) is 2.60. The number of ketones is 1. The normalized spacial score (nSPS) is 19.3. The Morgan fingerprint density at radius 3 is 2.74 bits per heavy atom. The van der Waals surface area contributed by atoms with Crippen molar-refractivity contribution < 1.29 is 28.9 Å². The van der Waals surface area contributed by atoms with Crippen LogP contribution in [0.3, 0.4) is 0 Å². The molecule has 0 radical (unpaired) electrons. The highest BCUT2D eigenvalue weighted by atomic mass is 32.1. The monoisotopic (exact) mass is 584 g/mol. The molecule has 0 saturated carbocycles. The van der Waals surface area contributed by atoms with Gasteiger partial charge in [0, 0.05) is 12.0 Å². The van der Waals surface area contributed by atoms with E-state index < -0.39 is 17.7 Å². The number of aryl methyl sites for hydroxylation is 1. The topological polar surface area (TPSA) is 98.2 Å². The van der Waals surface area contributed by atoms with E-state index >= 15 is 0 Å². The number of Topliss-reactive ketones (excluding diaryl/α,β-unsaturated/α-hetero) is 1. The number of nitrogens with zero attached hydrogens (tertiary/aromatic N) is 2.